The number of pyridine rings is 1. The molecule has 1 N–H and O–H groups in total. The van der Waals surface area contributed by atoms with Crippen molar-refractivity contribution in [3.05, 3.63) is 45.2 Å². The molecular weight excluding hydrogens is 266 g/mol. The van der Waals surface area contributed by atoms with Gasteiger partial charge >= 0.3 is 5.97 Å². The van der Waals surface area contributed by atoms with Crippen molar-refractivity contribution in [1.29, 1.82) is 0 Å². The van der Waals surface area contributed by atoms with E-state index in [1.54, 1.807) is 18.2 Å². The molecule has 4 nitrogen and oxygen atoms in total. The molecule has 0 aliphatic heterocycles. The Labute approximate surface area is 115 Å². The fraction of sp³-hybridized carbons (Fsp3) is 0.286. The van der Waals surface area contributed by atoms with Crippen molar-refractivity contribution < 1.29 is 9.90 Å². The van der Waals surface area contributed by atoms with Crippen LogP contribution < -0.4 is 5.43 Å². The molecule has 19 heavy (non-hydrogen) atoms. The Balaban J connectivity index is 2.91. The molecule has 0 spiro atoms. The standard InChI is InChI=1S/C14H14ClNO3/c1-8(2)16-9(7-13(18)19)6-12(17)10-4-3-5-11(15)14(10)16/h3-6,8H,7H2,1-2H3,(H,18,19). The number of carboxylic acid groups (broad SMARTS) is 1. The quantitative estimate of drug-likeness (QED) is 0.940. The Morgan fingerprint density at radius 2 is 2.11 bits per heavy atom. The van der Waals surface area contributed by atoms with E-state index in [1.165, 1.54) is 6.07 Å². The van der Waals surface area contributed by atoms with E-state index in [0.29, 0.717) is 21.6 Å². The van der Waals surface area contributed by atoms with E-state index in [0.717, 1.165) is 0 Å². The van der Waals surface area contributed by atoms with Crippen LogP contribution >= 0.6 is 11.6 Å². The molecule has 0 saturated heterocycles. The highest BCUT2D eigenvalue weighted by Crippen LogP contribution is 2.25. The Morgan fingerprint density at radius 3 is 2.68 bits per heavy atom. The van der Waals surface area contributed by atoms with E-state index >= 15 is 0 Å². The second-order valence-electron chi connectivity index (χ2n) is 4.67. The molecule has 0 fully saturated rings. The van der Waals surface area contributed by atoms with Gasteiger partial charge in [0.1, 0.15) is 0 Å². The lowest BCUT2D eigenvalue weighted by molar-refractivity contribution is -0.136. The van der Waals surface area contributed by atoms with Crippen LogP contribution in [0.15, 0.2) is 29.1 Å². The van der Waals surface area contributed by atoms with Crippen LogP contribution in [-0.4, -0.2) is 15.6 Å². The van der Waals surface area contributed by atoms with E-state index in [4.69, 9.17) is 16.7 Å². The van der Waals surface area contributed by atoms with Crippen molar-refractivity contribution in [1.82, 2.24) is 4.57 Å². The van der Waals surface area contributed by atoms with Crippen LogP contribution in [0.1, 0.15) is 25.6 Å². The molecule has 5 heteroatoms. The number of benzene rings is 1. The third-order valence-electron chi connectivity index (χ3n) is 2.95. The number of para-hydroxylation sites is 1. The van der Waals surface area contributed by atoms with Crippen LogP contribution in [0.5, 0.6) is 0 Å². The summed E-state index contributed by atoms with van der Waals surface area (Å²) in [6.07, 6.45) is -0.200. The molecule has 0 aliphatic rings. The maximum Gasteiger partial charge on any atom is 0.309 e. The molecule has 0 amide bonds. The summed E-state index contributed by atoms with van der Waals surface area (Å²) in [5.74, 6) is -0.972. The third kappa shape index (κ3) is 2.49. The topological polar surface area (TPSA) is 59.3 Å². The minimum Gasteiger partial charge on any atom is -0.481 e. The molecule has 0 aliphatic carbocycles. The first-order valence-corrected chi connectivity index (χ1v) is 6.34. The first-order valence-electron chi connectivity index (χ1n) is 5.96. The maximum atomic E-state index is 12.0. The number of aliphatic carboxylic acids is 1. The summed E-state index contributed by atoms with van der Waals surface area (Å²) in [5.41, 5.74) is 0.863. The summed E-state index contributed by atoms with van der Waals surface area (Å²) in [6, 6.07) is 6.51. The Bertz CT molecular complexity index is 704. The number of rotatable bonds is 3. The summed E-state index contributed by atoms with van der Waals surface area (Å²) in [7, 11) is 0. The van der Waals surface area contributed by atoms with Gasteiger partial charge in [-0.2, -0.15) is 0 Å². The van der Waals surface area contributed by atoms with Gasteiger partial charge < -0.3 is 9.67 Å². The van der Waals surface area contributed by atoms with E-state index in [2.05, 4.69) is 0 Å². The highest BCUT2D eigenvalue weighted by atomic mass is 35.5. The highest BCUT2D eigenvalue weighted by molar-refractivity contribution is 6.35. The number of carbonyl (C=O) groups is 1. The fourth-order valence-corrected chi connectivity index (χ4v) is 2.55. The first kappa shape index (κ1) is 13.6. The van der Waals surface area contributed by atoms with Gasteiger partial charge in [0.15, 0.2) is 5.43 Å². The van der Waals surface area contributed by atoms with Crippen molar-refractivity contribution in [2.75, 3.05) is 0 Å². The smallest absolute Gasteiger partial charge is 0.309 e. The van der Waals surface area contributed by atoms with Crippen LogP contribution in [0.3, 0.4) is 0 Å². The zero-order valence-electron chi connectivity index (χ0n) is 10.7. The Hall–Kier alpha value is -1.81. The second-order valence-corrected chi connectivity index (χ2v) is 5.08. The normalized spacial score (nSPS) is 11.2. The molecule has 1 aromatic carbocycles. The van der Waals surface area contributed by atoms with Crippen LogP contribution in [0.25, 0.3) is 10.9 Å². The minimum atomic E-state index is -0.972. The van der Waals surface area contributed by atoms with Crippen LogP contribution in [-0.2, 0) is 11.2 Å². The average molecular weight is 280 g/mol. The number of halogens is 1. The summed E-state index contributed by atoms with van der Waals surface area (Å²) < 4.78 is 1.81. The number of carboxylic acids is 1. The van der Waals surface area contributed by atoms with Gasteiger partial charge in [-0.05, 0) is 26.0 Å². The summed E-state index contributed by atoms with van der Waals surface area (Å²) in [5, 5.41) is 9.92. The summed E-state index contributed by atoms with van der Waals surface area (Å²) >= 11 is 6.18. The van der Waals surface area contributed by atoms with Crippen LogP contribution in [0, 0.1) is 0 Å². The molecule has 2 rings (SSSR count). The number of fused-ring (bicyclic) bond motifs is 1. The SMILES string of the molecule is CC(C)n1c(CC(=O)O)cc(=O)c2cccc(Cl)c21. The lowest BCUT2D eigenvalue weighted by Crippen LogP contribution is -2.18. The monoisotopic (exact) mass is 279 g/mol. The molecule has 0 unspecified atom stereocenters. The molecule has 2 aromatic rings. The van der Waals surface area contributed by atoms with Gasteiger partial charge in [0.2, 0.25) is 0 Å². The van der Waals surface area contributed by atoms with E-state index in [-0.39, 0.29) is 17.9 Å². The predicted octanol–water partition coefficient (Wildman–Crippen LogP) is 2.86. The van der Waals surface area contributed by atoms with E-state index < -0.39 is 5.97 Å². The number of aromatic nitrogens is 1. The molecule has 1 aromatic heterocycles. The maximum absolute atomic E-state index is 12.0. The van der Waals surface area contributed by atoms with Gasteiger partial charge in [0.25, 0.3) is 0 Å². The molecule has 1 heterocycles. The third-order valence-corrected chi connectivity index (χ3v) is 3.25. The van der Waals surface area contributed by atoms with Crippen molar-refractivity contribution in [3.63, 3.8) is 0 Å². The number of hydrogen-bond donors (Lipinski definition) is 1. The number of hydrogen-bond acceptors (Lipinski definition) is 2. The zero-order chi connectivity index (χ0) is 14.2. The first-order chi connectivity index (χ1) is 8.91. The van der Waals surface area contributed by atoms with Crippen LogP contribution in [0.4, 0.5) is 0 Å². The molecule has 0 radical (unpaired) electrons. The molecule has 0 bridgehead atoms. The Morgan fingerprint density at radius 1 is 1.42 bits per heavy atom. The molecular formula is C14H14ClNO3. The minimum absolute atomic E-state index is 0.0114. The van der Waals surface area contributed by atoms with Crippen LogP contribution in [0.2, 0.25) is 5.02 Å². The van der Waals surface area contributed by atoms with Crippen molar-refractivity contribution in [2.24, 2.45) is 0 Å². The fourth-order valence-electron chi connectivity index (χ4n) is 2.28. The predicted molar refractivity (Wildman–Crippen MR) is 74.9 cm³/mol. The van der Waals surface area contributed by atoms with E-state index in [9.17, 15) is 9.59 Å². The summed E-state index contributed by atoms with van der Waals surface area (Å²) in [4.78, 5) is 23.0. The van der Waals surface area contributed by atoms with Gasteiger partial charge in [0, 0.05) is 23.2 Å². The highest BCUT2D eigenvalue weighted by Gasteiger charge is 2.15. The lowest BCUT2D eigenvalue weighted by atomic mass is 10.1. The lowest BCUT2D eigenvalue weighted by Gasteiger charge is -2.20. The molecule has 100 valence electrons. The van der Waals surface area contributed by atoms with E-state index in [1.807, 2.05) is 18.4 Å². The van der Waals surface area contributed by atoms with Gasteiger partial charge in [-0.1, -0.05) is 17.7 Å². The zero-order valence-corrected chi connectivity index (χ0v) is 11.4. The van der Waals surface area contributed by atoms with Gasteiger partial charge in [-0.3, -0.25) is 9.59 Å². The van der Waals surface area contributed by atoms with Gasteiger partial charge in [-0.15, -0.1) is 0 Å². The van der Waals surface area contributed by atoms with Gasteiger partial charge in [0.05, 0.1) is 17.0 Å². The summed E-state index contributed by atoms with van der Waals surface area (Å²) in [6.45, 7) is 3.86. The number of nitrogens with zero attached hydrogens (tertiary/aromatic N) is 1. The second kappa shape index (κ2) is 5.05. The van der Waals surface area contributed by atoms with Gasteiger partial charge in [-0.25, -0.2) is 0 Å². The van der Waals surface area contributed by atoms with Crippen molar-refractivity contribution >= 4 is 28.5 Å². The molecule has 0 atom stereocenters. The van der Waals surface area contributed by atoms with Crippen molar-refractivity contribution in [2.45, 2.75) is 26.3 Å². The average Bonchev–Trinajstić information content (AvgIpc) is 2.29. The largest absolute Gasteiger partial charge is 0.481 e. The Kier molecular flexibility index (Phi) is 3.62. The molecule has 0 saturated carbocycles. The van der Waals surface area contributed by atoms with Crippen molar-refractivity contribution in [3.8, 4) is 0 Å².